The van der Waals surface area contributed by atoms with Crippen LogP contribution in [0.2, 0.25) is 5.02 Å². The van der Waals surface area contributed by atoms with Gasteiger partial charge in [-0.25, -0.2) is 0 Å². The standard InChI is InChI=1S/C20H27ClN4O.HI/c1-22-20(23-13-16-8-5-6-11-18(16)21)24-14-19(25(2)3)15-9-7-10-17(12-15)26-4;/h5-12,19H,13-14H2,1-4H3,(H2,22,23,24);1H. The quantitative estimate of drug-likeness (QED) is 0.342. The van der Waals surface area contributed by atoms with Crippen molar-refractivity contribution in [2.24, 2.45) is 4.99 Å². The number of likely N-dealkylation sites (N-methyl/N-ethyl adjacent to an activating group) is 1. The lowest BCUT2D eigenvalue weighted by atomic mass is 10.1. The first kappa shape index (κ1) is 23.5. The second-order valence-electron chi connectivity index (χ2n) is 6.15. The summed E-state index contributed by atoms with van der Waals surface area (Å²) in [5, 5.41) is 7.44. The summed E-state index contributed by atoms with van der Waals surface area (Å²) in [6, 6.07) is 16.1. The fourth-order valence-electron chi connectivity index (χ4n) is 2.68. The minimum Gasteiger partial charge on any atom is -0.497 e. The fourth-order valence-corrected chi connectivity index (χ4v) is 2.88. The summed E-state index contributed by atoms with van der Waals surface area (Å²) >= 11 is 6.21. The second-order valence-corrected chi connectivity index (χ2v) is 6.56. The number of hydrogen-bond donors (Lipinski definition) is 2. The molecule has 0 bridgehead atoms. The summed E-state index contributed by atoms with van der Waals surface area (Å²) in [6.45, 7) is 1.33. The molecule has 0 saturated carbocycles. The summed E-state index contributed by atoms with van der Waals surface area (Å²) in [5.74, 6) is 1.59. The van der Waals surface area contributed by atoms with E-state index in [1.807, 2.05) is 36.4 Å². The van der Waals surface area contributed by atoms with E-state index in [1.165, 1.54) is 5.56 Å². The second kappa shape index (κ2) is 12.0. The van der Waals surface area contributed by atoms with Crippen LogP contribution in [-0.4, -0.2) is 45.7 Å². The zero-order chi connectivity index (χ0) is 18.9. The fraction of sp³-hybridized carbons (Fsp3) is 0.350. The van der Waals surface area contributed by atoms with Crippen LogP contribution in [0.3, 0.4) is 0 Å². The summed E-state index contributed by atoms with van der Waals surface area (Å²) < 4.78 is 5.34. The Morgan fingerprint density at radius 1 is 1.15 bits per heavy atom. The van der Waals surface area contributed by atoms with Crippen molar-refractivity contribution in [2.45, 2.75) is 12.6 Å². The van der Waals surface area contributed by atoms with Crippen molar-refractivity contribution in [3.05, 3.63) is 64.7 Å². The van der Waals surface area contributed by atoms with Gasteiger partial charge in [-0.2, -0.15) is 0 Å². The highest BCUT2D eigenvalue weighted by atomic mass is 127. The van der Waals surface area contributed by atoms with Gasteiger partial charge in [0.05, 0.1) is 13.2 Å². The van der Waals surface area contributed by atoms with Gasteiger partial charge in [0, 0.05) is 25.2 Å². The molecular formula is C20H28ClIN4O. The first-order valence-corrected chi connectivity index (χ1v) is 8.91. The average molecular weight is 503 g/mol. The van der Waals surface area contributed by atoms with Crippen LogP contribution in [0.25, 0.3) is 0 Å². The van der Waals surface area contributed by atoms with Crippen molar-refractivity contribution in [1.82, 2.24) is 15.5 Å². The lowest BCUT2D eigenvalue weighted by Crippen LogP contribution is -2.41. The van der Waals surface area contributed by atoms with Crippen molar-refractivity contribution in [3.8, 4) is 5.75 Å². The van der Waals surface area contributed by atoms with Gasteiger partial charge in [0.1, 0.15) is 5.75 Å². The third kappa shape index (κ3) is 7.20. The molecule has 5 nitrogen and oxygen atoms in total. The molecule has 1 unspecified atom stereocenters. The van der Waals surface area contributed by atoms with Gasteiger partial charge in [-0.1, -0.05) is 41.9 Å². The molecule has 0 fully saturated rings. The van der Waals surface area contributed by atoms with Crippen LogP contribution in [0.15, 0.2) is 53.5 Å². The number of aliphatic imine (C=N–C) groups is 1. The number of rotatable bonds is 7. The van der Waals surface area contributed by atoms with E-state index >= 15 is 0 Å². The Morgan fingerprint density at radius 2 is 1.89 bits per heavy atom. The number of halogens is 2. The molecule has 7 heteroatoms. The topological polar surface area (TPSA) is 48.9 Å². The zero-order valence-electron chi connectivity index (χ0n) is 16.2. The lowest BCUT2D eigenvalue weighted by molar-refractivity contribution is 0.297. The van der Waals surface area contributed by atoms with Crippen LogP contribution in [-0.2, 0) is 6.54 Å². The predicted molar refractivity (Wildman–Crippen MR) is 124 cm³/mol. The monoisotopic (exact) mass is 502 g/mol. The maximum atomic E-state index is 6.21. The van der Waals surface area contributed by atoms with Gasteiger partial charge in [0.15, 0.2) is 5.96 Å². The molecule has 0 aliphatic heterocycles. The van der Waals surface area contributed by atoms with Crippen LogP contribution in [0.5, 0.6) is 5.75 Å². The molecular weight excluding hydrogens is 475 g/mol. The maximum Gasteiger partial charge on any atom is 0.191 e. The van der Waals surface area contributed by atoms with Crippen LogP contribution in [0.1, 0.15) is 17.2 Å². The van der Waals surface area contributed by atoms with Crippen molar-refractivity contribution in [3.63, 3.8) is 0 Å². The Balaban J connectivity index is 0.00000364. The number of benzene rings is 2. The largest absolute Gasteiger partial charge is 0.497 e. The summed E-state index contributed by atoms with van der Waals surface area (Å²) in [4.78, 5) is 6.47. The Labute approximate surface area is 184 Å². The van der Waals surface area contributed by atoms with Gasteiger partial charge < -0.3 is 20.3 Å². The predicted octanol–water partition coefficient (Wildman–Crippen LogP) is 3.93. The number of methoxy groups -OCH3 is 1. The van der Waals surface area contributed by atoms with E-state index in [2.05, 4.69) is 46.8 Å². The molecule has 0 radical (unpaired) electrons. The van der Waals surface area contributed by atoms with E-state index in [0.717, 1.165) is 22.3 Å². The minimum atomic E-state index is 0. The van der Waals surface area contributed by atoms with Crippen LogP contribution in [0.4, 0.5) is 0 Å². The molecule has 0 spiro atoms. The summed E-state index contributed by atoms with van der Waals surface area (Å²) in [5.41, 5.74) is 2.22. The SMILES string of the molecule is CN=C(NCc1ccccc1Cl)NCC(c1cccc(OC)c1)N(C)C.I. The first-order valence-electron chi connectivity index (χ1n) is 8.53. The van der Waals surface area contributed by atoms with E-state index in [4.69, 9.17) is 16.3 Å². The molecule has 1 atom stereocenters. The molecule has 148 valence electrons. The lowest BCUT2D eigenvalue weighted by Gasteiger charge is -2.26. The van der Waals surface area contributed by atoms with E-state index in [1.54, 1.807) is 14.2 Å². The Kier molecular flexibility index (Phi) is 10.5. The van der Waals surface area contributed by atoms with E-state index in [0.29, 0.717) is 13.1 Å². The van der Waals surface area contributed by atoms with E-state index < -0.39 is 0 Å². The molecule has 2 aromatic rings. The first-order chi connectivity index (χ1) is 12.5. The number of nitrogens with one attached hydrogen (secondary N) is 2. The zero-order valence-corrected chi connectivity index (χ0v) is 19.3. The maximum absolute atomic E-state index is 6.21. The molecule has 0 aromatic heterocycles. The van der Waals surface area contributed by atoms with Gasteiger partial charge >= 0.3 is 0 Å². The normalized spacial score (nSPS) is 12.3. The highest BCUT2D eigenvalue weighted by molar-refractivity contribution is 14.0. The number of nitrogens with zero attached hydrogens (tertiary/aromatic N) is 2. The molecule has 0 saturated heterocycles. The smallest absolute Gasteiger partial charge is 0.191 e. The third-order valence-electron chi connectivity index (χ3n) is 4.19. The van der Waals surface area contributed by atoms with Gasteiger partial charge in [0.2, 0.25) is 0 Å². The van der Waals surface area contributed by atoms with Crippen LogP contribution in [0, 0.1) is 0 Å². The highest BCUT2D eigenvalue weighted by Crippen LogP contribution is 2.22. The molecule has 27 heavy (non-hydrogen) atoms. The molecule has 0 aliphatic rings. The molecule has 0 aliphatic carbocycles. The van der Waals surface area contributed by atoms with Crippen molar-refractivity contribution < 1.29 is 4.74 Å². The van der Waals surface area contributed by atoms with E-state index in [9.17, 15) is 0 Å². The average Bonchev–Trinajstić information content (AvgIpc) is 2.65. The van der Waals surface area contributed by atoms with Crippen molar-refractivity contribution >= 4 is 41.5 Å². The highest BCUT2D eigenvalue weighted by Gasteiger charge is 2.15. The molecule has 0 amide bonds. The van der Waals surface area contributed by atoms with Crippen LogP contribution >= 0.6 is 35.6 Å². The number of guanidine groups is 1. The number of hydrogen-bond acceptors (Lipinski definition) is 3. The van der Waals surface area contributed by atoms with Gasteiger partial charge in [0.25, 0.3) is 0 Å². The summed E-state index contributed by atoms with van der Waals surface area (Å²) in [7, 11) is 7.57. The molecule has 2 rings (SSSR count). The van der Waals surface area contributed by atoms with Gasteiger partial charge in [-0.15, -0.1) is 24.0 Å². The summed E-state index contributed by atoms with van der Waals surface area (Å²) in [6.07, 6.45) is 0. The molecule has 2 aromatic carbocycles. The third-order valence-corrected chi connectivity index (χ3v) is 4.56. The van der Waals surface area contributed by atoms with Gasteiger partial charge in [-0.05, 0) is 43.4 Å². The molecule has 0 heterocycles. The van der Waals surface area contributed by atoms with E-state index in [-0.39, 0.29) is 30.0 Å². The van der Waals surface area contributed by atoms with Gasteiger partial charge in [-0.3, -0.25) is 4.99 Å². The van der Waals surface area contributed by atoms with Crippen molar-refractivity contribution in [1.29, 1.82) is 0 Å². The Bertz CT molecular complexity index is 739. The molecule has 2 N–H and O–H groups in total. The number of ether oxygens (including phenoxy) is 1. The van der Waals surface area contributed by atoms with Crippen molar-refractivity contribution in [2.75, 3.05) is 34.8 Å². The minimum absolute atomic E-state index is 0. The Hall–Kier alpha value is -1.51. The van der Waals surface area contributed by atoms with Crippen LogP contribution < -0.4 is 15.4 Å². The Morgan fingerprint density at radius 3 is 2.52 bits per heavy atom.